The Kier molecular flexibility index (Phi) is 2.01. The van der Waals surface area contributed by atoms with Crippen LogP contribution in [0.3, 0.4) is 0 Å². The van der Waals surface area contributed by atoms with Gasteiger partial charge < -0.3 is 9.88 Å². The van der Waals surface area contributed by atoms with E-state index >= 15 is 0 Å². The van der Waals surface area contributed by atoms with Gasteiger partial charge in [0.25, 0.3) is 0 Å². The molecule has 4 heteroatoms. The molecule has 92 valence electrons. The third kappa shape index (κ3) is 1.38. The van der Waals surface area contributed by atoms with E-state index in [0.717, 1.165) is 18.2 Å². The second-order valence-electron chi connectivity index (χ2n) is 5.23. The lowest BCUT2D eigenvalue weighted by molar-refractivity contribution is 0.639. The molecule has 1 saturated carbocycles. The molecule has 0 amide bonds. The van der Waals surface area contributed by atoms with Gasteiger partial charge >= 0.3 is 0 Å². The molecule has 0 saturated heterocycles. The minimum absolute atomic E-state index is 0.350. The van der Waals surface area contributed by atoms with Gasteiger partial charge in [0.1, 0.15) is 11.6 Å². The van der Waals surface area contributed by atoms with Crippen molar-refractivity contribution in [3.05, 3.63) is 41.5 Å². The van der Waals surface area contributed by atoms with Crippen molar-refractivity contribution in [2.24, 2.45) is 0 Å². The number of para-hydroxylation sites is 1. The van der Waals surface area contributed by atoms with Crippen LogP contribution in [0.2, 0.25) is 0 Å². The van der Waals surface area contributed by atoms with Crippen molar-refractivity contribution in [1.29, 1.82) is 0 Å². The topological polar surface area (TPSA) is 42.7 Å². The Balaban J connectivity index is 1.81. The number of hydrogen-bond acceptors (Lipinski definition) is 3. The summed E-state index contributed by atoms with van der Waals surface area (Å²) in [5.74, 6) is 2.53. The van der Waals surface area contributed by atoms with Gasteiger partial charge in [0.2, 0.25) is 0 Å². The molecule has 0 spiro atoms. The fourth-order valence-electron chi connectivity index (χ4n) is 2.92. The number of benzene rings is 1. The number of nitrogens with one attached hydrogen (secondary N) is 1. The molecular weight excluding hydrogens is 224 g/mol. The summed E-state index contributed by atoms with van der Waals surface area (Å²) in [6.45, 7) is 2.99. The SMILES string of the molecule is Cc1nnc(C2CNc3ccccc32)n1C1CC1. The maximum atomic E-state index is 4.43. The first-order valence-electron chi connectivity index (χ1n) is 6.59. The van der Waals surface area contributed by atoms with E-state index in [1.54, 1.807) is 0 Å². The molecule has 4 rings (SSSR count). The maximum absolute atomic E-state index is 4.43. The zero-order valence-electron chi connectivity index (χ0n) is 10.4. The number of rotatable bonds is 2. The van der Waals surface area contributed by atoms with Crippen LogP contribution in [-0.4, -0.2) is 21.3 Å². The van der Waals surface area contributed by atoms with E-state index in [-0.39, 0.29) is 0 Å². The number of aryl methyl sites for hydroxylation is 1. The fraction of sp³-hybridized carbons (Fsp3) is 0.429. The molecule has 0 radical (unpaired) electrons. The molecule has 0 bridgehead atoms. The van der Waals surface area contributed by atoms with Crippen LogP contribution in [0.15, 0.2) is 24.3 Å². The Morgan fingerprint density at radius 3 is 2.89 bits per heavy atom. The molecule has 1 unspecified atom stereocenters. The summed E-state index contributed by atoms with van der Waals surface area (Å²) >= 11 is 0. The number of anilines is 1. The quantitative estimate of drug-likeness (QED) is 0.877. The Morgan fingerprint density at radius 2 is 2.06 bits per heavy atom. The van der Waals surface area contributed by atoms with E-state index in [1.807, 2.05) is 0 Å². The molecule has 2 heterocycles. The lowest BCUT2D eigenvalue weighted by atomic mass is 10.0. The van der Waals surface area contributed by atoms with Crippen molar-refractivity contribution in [3.63, 3.8) is 0 Å². The van der Waals surface area contributed by atoms with Crippen molar-refractivity contribution in [2.75, 3.05) is 11.9 Å². The third-order valence-electron chi connectivity index (χ3n) is 3.95. The van der Waals surface area contributed by atoms with Crippen LogP contribution in [0.25, 0.3) is 0 Å². The Morgan fingerprint density at radius 1 is 1.22 bits per heavy atom. The van der Waals surface area contributed by atoms with Crippen LogP contribution in [-0.2, 0) is 0 Å². The third-order valence-corrected chi connectivity index (χ3v) is 3.95. The summed E-state index contributed by atoms with van der Waals surface area (Å²) in [6.07, 6.45) is 2.54. The highest BCUT2D eigenvalue weighted by Crippen LogP contribution is 2.41. The smallest absolute Gasteiger partial charge is 0.142 e. The van der Waals surface area contributed by atoms with E-state index in [0.29, 0.717) is 12.0 Å². The lowest BCUT2D eigenvalue weighted by Crippen LogP contribution is -2.12. The van der Waals surface area contributed by atoms with E-state index in [4.69, 9.17) is 0 Å². The van der Waals surface area contributed by atoms with Gasteiger partial charge in [0, 0.05) is 18.3 Å². The van der Waals surface area contributed by atoms with Gasteiger partial charge in [-0.05, 0) is 31.4 Å². The largest absolute Gasteiger partial charge is 0.384 e. The summed E-state index contributed by atoms with van der Waals surface area (Å²) in [4.78, 5) is 0. The molecule has 1 N–H and O–H groups in total. The van der Waals surface area contributed by atoms with Gasteiger partial charge in [-0.3, -0.25) is 0 Å². The van der Waals surface area contributed by atoms with Crippen LogP contribution in [0, 0.1) is 6.92 Å². The predicted molar refractivity (Wildman–Crippen MR) is 69.8 cm³/mol. The van der Waals surface area contributed by atoms with Crippen molar-refractivity contribution in [2.45, 2.75) is 31.7 Å². The zero-order chi connectivity index (χ0) is 12.1. The molecule has 18 heavy (non-hydrogen) atoms. The van der Waals surface area contributed by atoms with E-state index in [2.05, 4.69) is 51.3 Å². The predicted octanol–water partition coefficient (Wildman–Crippen LogP) is 2.48. The number of fused-ring (bicyclic) bond motifs is 1. The summed E-state index contributed by atoms with van der Waals surface area (Å²) in [6, 6.07) is 9.15. The average molecular weight is 240 g/mol. The molecule has 1 aromatic carbocycles. The second kappa shape index (κ2) is 3.57. The van der Waals surface area contributed by atoms with Crippen LogP contribution in [0.5, 0.6) is 0 Å². The fourth-order valence-corrected chi connectivity index (χ4v) is 2.92. The van der Waals surface area contributed by atoms with Gasteiger partial charge in [-0.15, -0.1) is 10.2 Å². The number of nitrogens with zero attached hydrogens (tertiary/aromatic N) is 3. The van der Waals surface area contributed by atoms with Crippen LogP contribution in [0.4, 0.5) is 5.69 Å². The van der Waals surface area contributed by atoms with Crippen LogP contribution in [0.1, 0.15) is 42.0 Å². The van der Waals surface area contributed by atoms with Crippen molar-refractivity contribution in [1.82, 2.24) is 14.8 Å². The normalized spacial score (nSPS) is 21.7. The summed E-state index contributed by atoms with van der Waals surface area (Å²) in [7, 11) is 0. The van der Waals surface area contributed by atoms with E-state index in [9.17, 15) is 0 Å². The van der Waals surface area contributed by atoms with Gasteiger partial charge in [0.05, 0.1) is 5.92 Å². The molecule has 1 fully saturated rings. The first kappa shape index (κ1) is 10.1. The highest BCUT2D eigenvalue weighted by molar-refractivity contribution is 5.59. The monoisotopic (exact) mass is 240 g/mol. The van der Waals surface area contributed by atoms with Gasteiger partial charge in [0.15, 0.2) is 0 Å². The Hall–Kier alpha value is -1.84. The van der Waals surface area contributed by atoms with Gasteiger partial charge in [-0.1, -0.05) is 18.2 Å². The standard InChI is InChI=1S/C14H16N4/c1-9-16-17-14(18(9)10-6-7-10)12-8-15-13-5-3-2-4-11(12)13/h2-5,10,12,15H,6-8H2,1H3. The van der Waals surface area contributed by atoms with Gasteiger partial charge in [-0.25, -0.2) is 0 Å². The second-order valence-corrected chi connectivity index (χ2v) is 5.23. The highest BCUT2D eigenvalue weighted by atomic mass is 15.3. The molecule has 1 atom stereocenters. The summed E-state index contributed by atoms with van der Waals surface area (Å²) < 4.78 is 2.34. The minimum atomic E-state index is 0.350. The lowest BCUT2D eigenvalue weighted by Gasteiger charge is -2.12. The molecule has 4 nitrogen and oxygen atoms in total. The molecule has 2 aromatic rings. The molecule has 1 aliphatic heterocycles. The molecule has 2 aliphatic rings. The Labute approximate surface area is 106 Å². The van der Waals surface area contributed by atoms with Crippen molar-refractivity contribution in [3.8, 4) is 0 Å². The van der Waals surface area contributed by atoms with E-state index in [1.165, 1.54) is 24.1 Å². The van der Waals surface area contributed by atoms with Crippen molar-refractivity contribution >= 4 is 5.69 Å². The van der Waals surface area contributed by atoms with Gasteiger partial charge in [-0.2, -0.15) is 0 Å². The average Bonchev–Trinajstić information content (AvgIpc) is 3.02. The minimum Gasteiger partial charge on any atom is -0.384 e. The molecule has 1 aromatic heterocycles. The number of aromatic nitrogens is 3. The zero-order valence-corrected chi connectivity index (χ0v) is 10.4. The highest BCUT2D eigenvalue weighted by Gasteiger charge is 2.34. The molecular formula is C14H16N4. The first-order valence-corrected chi connectivity index (χ1v) is 6.59. The summed E-state index contributed by atoms with van der Waals surface area (Å²) in [5.41, 5.74) is 2.59. The Bertz CT molecular complexity index is 598. The number of hydrogen-bond donors (Lipinski definition) is 1. The summed E-state index contributed by atoms with van der Waals surface area (Å²) in [5, 5.41) is 12.2. The van der Waals surface area contributed by atoms with Crippen LogP contribution < -0.4 is 5.32 Å². The van der Waals surface area contributed by atoms with Crippen molar-refractivity contribution < 1.29 is 0 Å². The first-order chi connectivity index (χ1) is 8.84. The van der Waals surface area contributed by atoms with Crippen LogP contribution >= 0.6 is 0 Å². The van der Waals surface area contributed by atoms with E-state index < -0.39 is 0 Å². The molecule has 1 aliphatic carbocycles. The maximum Gasteiger partial charge on any atom is 0.142 e.